The normalized spacial score (nSPS) is 17.9. The molecule has 0 saturated carbocycles. The highest BCUT2D eigenvalue weighted by Gasteiger charge is 2.24. The molecule has 33 heavy (non-hydrogen) atoms. The van der Waals surface area contributed by atoms with Gasteiger partial charge in [0.2, 0.25) is 5.13 Å². The molecule has 0 bridgehead atoms. The van der Waals surface area contributed by atoms with Crippen LogP contribution in [-0.4, -0.2) is 65.3 Å². The van der Waals surface area contributed by atoms with Crippen molar-refractivity contribution < 1.29 is 19.0 Å². The van der Waals surface area contributed by atoms with Gasteiger partial charge in [0.05, 0.1) is 25.5 Å². The molecule has 8 nitrogen and oxygen atoms in total. The number of thioether (sulfide) groups is 1. The van der Waals surface area contributed by atoms with Crippen molar-refractivity contribution in [2.75, 3.05) is 43.6 Å². The summed E-state index contributed by atoms with van der Waals surface area (Å²) >= 11 is 2.97. The fraction of sp³-hybridized carbons (Fsp3) is 0.435. The summed E-state index contributed by atoms with van der Waals surface area (Å²) in [6.07, 6.45) is -0.109. The average Bonchev–Trinajstić information content (AvgIpc) is 3.43. The summed E-state index contributed by atoms with van der Waals surface area (Å²) in [5, 5.41) is 9.43. The Balaban J connectivity index is 1.21. The van der Waals surface area contributed by atoms with Crippen LogP contribution in [0.15, 0.2) is 34.7 Å². The van der Waals surface area contributed by atoms with Gasteiger partial charge in [0.15, 0.2) is 27.7 Å². The van der Waals surface area contributed by atoms with Gasteiger partial charge in [-0.2, -0.15) is 0 Å². The maximum absolute atomic E-state index is 13.0. The first kappa shape index (κ1) is 22.2. The van der Waals surface area contributed by atoms with Crippen molar-refractivity contribution in [3.8, 4) is 11.5 Å². The number of anilines is 1. The molecule has 1 saturated heterocycles. The largest absolute Gasteiger partial charge is 0.486 e. The van der Waals surface area contributed by atoms with Crippen LogP contribution in [0, 0.1) is 13.8 Å². The molecular formula is C23H26N4O4S2. The van der Waals surface area contributed by atoms with Gasteiger partial charge in [-0.3, -0.25) is 4.79 Å². The average molecular weight is 487 g/mol. The van der Waals surface area contributed by atoms with E-state index in [9.17, 15) is 4.79 Å². The van der Waals surface area contributed by atoms with E-state index in [2.05, 4.69) is 19.7 Å². The summed E-state index contributed by atoms with van der Waals surface area (Å²) in [5.74, 6) is 1.96. The lowest BCUT2D eigenvalue weighted by molar-refractivity contribution is 0.0777. The van der Waals surface area contributed by atoms with Gasteiger partial charge < -0.3 is 23.7 Å². The first-order valence-electron chi connectivity index (χ1n) is 11.0. The van der Waals surface area contributed by atoms with Crippen molar-refractivity contribution in [3.05, 3.63) is 47.3 Å². The number of Topliss-reactive ketones (excluding diaryl/α,β-unsaturated/α-hetero) is 1. The second-order valence-corrected chi connectivity index (χ2v) is 10.2. The van der Waals surface area contributed by atoms with Gasteiger partial charge in [0.1, 0.15) is 6.61 Å². The quantitative estimate of drug-likeness (QED) is 0.370. The number of aryl methyl sites for hydroxylation is 1. The van der Waals surface area contributed by atoms with Crippen LogP contribution in [0.3, 0.4) is 0 Å². The highest BCUT2D eigenvalue weighted by Crippen LogP contribution is 2.32. The molecule has 0 N–H and O–H groups in total. The summed E-state index contributed by atoms with van der Waals surface area (Å²) in [5.41, 5.74) is 2.73. The van der Waals surface area contributed by atoms with Crippen molar-refractivity contribution >= 4 is 34.0 Å². The number of morpholine rings is 1. The van der Waals surface area contributed by atoms with E-state index in [0.717, 1.165) is 51.0 Å². The van der Waals surface area contributed by atoms with Gasteiger partial charge in [-0.15, -0.1) is 10.2 Å². The molecule has 2 aliphatic heterocycles. The minimum Gasteiger partial charge on any atom is -0.486 e. The molecule has 0 aliphatic carbocycles. The second kappa shape index (κ2) is 9.74. The van der Waals surface area contributed by atoms with Gasteiger partial charge in [0.25, 0.3) is 0 Å². The number of benzene rings is 1. The molecule has 2 aliphatic rings. The Hall–Kier alpha value is -2.56. The molecule has 3 aromatic rings. The summed E-state index contributed by atoms with van der Waals surface area (Å²) in [6, 6.07) is 9.67. The second-order valence-electron chi connectivity index (χ2n) is 8.05. The molecule has 0 amide bonds. The van der Waals surface area contributed by atoms with E-state index in [-0.39, 0.29) is 11.9 Å². The monoisotopic (exact) mass is 486 g/mol. The highest BCUT2D eigenvalue weighted by atomic mass is 32.2. The Labute approximate surface area is 200 Å². The maximum Gasteiger partial charge on any atom is 0.209 e. The summed E-state index contributed by atoms with van der Waals surface area (Å²) in [4.78, 5) is 15.2. The van der Waals surface area contributed by atoms with Crippen LogP contribution >= 0.6 is 23.1 Å². The maximum atomic E-state index is 13.0. The highest BCUT2D eigenvalue weighted by molar-refractivity contribution is 8.01. The topological polar surface area (TPSA) is 78.7 Å². The molecule has 1 unspecified atom stereocenters. The number of hydrogen-bond donors (Lipinski definition) is 0. The molecule has 174 valence electrons. The van der Waals surface area contributed by atoms with Crippen molar-refractivity contribution in [1.29, 1.82) is 0 Å². The molecule has 5 rings (SSSR count). The van der Waals surface area contributed by atoms with Gasteiger partial charge in [0, 0.05) is 30.0 Å². The Morgan fingerprint density at radius 3 is 2.79 bits per heavy atom. The Morgan fingerprint density at radius 2 is 1.97 bits per heavy atom. The molecule has 1 aromatic carbocycles. The lowest BCUT2D eigenvalue weighted by Crippen LogP contribution is -2.36. The van der Waals surface area contributed by atoms with E-state index in [0.29, 0.717) is 32.1 Å². The summed E-state index contributed by atoms with van der Waals surface area (Å²) < 4.78 is 20.3. The standard InChI is InChI=1S/C23H26N4O4S2/c1-15-11-18(16(2)27(15)12-17-13-30-20-5-3-4-6-21(20)31-17)19(28)14-32-23-25-24-22(33-23)26-7-9-29-10-8-26/h3-6,11,17H,7-10,12-14H2,1-2H3. The van der Waals surface area contributed by atoms with Crippen molar-refractivity contribution in [1.82, 2.24) is 14.8 Å². The SMILES string of the molecule is Cc1cc(C(=O)CSc2nnc(N3CCOCC3)s2)c(C)n1CC1COc2ccccc2O1. The van der Waals surface area contributed by atoms with E-state index in [4.69, 9.17) is 14.2 Å². The lowest BCUT2D eigenvalue weighted by atomic mass is 10.2. The zero-order chi connectivity index (χ0) is 22.8. The fourth-order valence-electron chi connectivity index (χ4n) is 4.07. The van der Waals surface area contributed by atoms with E-state index in [1.165, 1.54) is 23.1 Å². The first-order valence-corrected chi connectivity index (χ1v) is 12.8. The molecule has 1 atom stereocenters. The third-order valence-corrected chi connectivity index (χ3v) is 7.95. The van der Waals surface area contributed by atoms with E-state index < -0.39 is 0 Å². The first-order chi connectivity index (χ1) is 16.1. The van der Waals surface area contributed by atoms with Crippen LogP contribution in [-0.2, 0) is 11.3 Å². The van der Waals surface area contributed by atoms with Crippen molar-refractivity contribution in [3.63, 3.8) is 0 Å². The van der Waals surface area contributed by atoms with Crippen LogP contribution in [0.25, 0.3) is 0 Å². The number of nitrogens with zero attached hydrogens (tertiary/aromatic N) is 4. The van der Waals surface area contributed by atoms with Gasteiger partial charge in [-0.05, 0) is 32.0 Å². The molecule has 10 heteroatoms. The third-order valence-electron chi connectivity index (χ3n) is 5.83. The number of rotatable bonds is 7. The lowest BCUT2D eigenvalue weighted by Gasteiger charge is -2.27. The van der Waals surface area contributed by atoms with Crippen LogP contribution in [0.5, 0.6) is 11.5 Å². The molecule has 1 fully saturated rings. The summed E-state index contributed by atoms with van der Waals surface area (Å²) in [7, 11) is 0. The Kier molecular flexibility index (Phi) is 6.57. The predicted octanol–water partition coefficient (Wildman–Crippen LogP) is 3.61. The minimum absolute atomic E-state index is 0.0913. The zero-order valence-electron chi connectivity index (χ0n) is 18.7. The fourth-order valence-corrected chi connectivity index (χ4v) is 5.85. The zero-order valence-corrected chi connectivity index (χ0v) is 20.3. The van der Waals surface area contributed by atoms with Gasteiger partial charge in [-0.25, -0.2) is 0 Å². The van der Waals surface area contributed by atoms with Crippen LogP contribution in [0.1, 0.15) is 21.7 Å². The molecule has 4 heterocycles. The Morgan fingerprint density at radius 1 is 1.18 bits per heavy atom. The van der Waals surface area contributed by atoms with E-state index in [1.807, 2.05) is 44.2 Å². The van der Waals surface area contributed by atoms with Gasteiger partial charge in [-0.1, -0.05) is 35.2 Å². The number of fused-ring (bicyclic) bond motifs is 1. The number of ether oxygens (including phenoxy) is 3. The van der Waals surface area contributed by atoms with E-state index in [1.54, 1.807) is 0 Å². The molecule has 0 radical (unpaired) electrons. The number of ketones is 1. The number of carbonyl (C=O) groups excluding carboxylic acids is 1. The van der Waals surface area contributed by atoms with Crippen LogP contribution < -0.4 is 14.4 Å². The van der Waals surface area contributed by atoms with Crippen LogP contribution in [0.4, 0.5) is 5.13 Å². The summed E-state index contributed by atoms with van der Waals surface area (Å²) in [6.45, 7) is 8.19. The number of hydrogen-bond acceptors (Lipinski definition) is 9. The van der Waals surface area contributed by atoms with E-state index >= 15 is 0 Å². The number of para-hydroxylation sites is 2. The Bertz CT molecular complexity index is 1140. The third kappa shape index (κ3) is 4.87. The van der Waals surface area contributed by atoms with Crippen molar-refractivity contribution in [2.24, 2.45) is 0 Å². The molecule has 0 spiro atoms. The van der Waals surface area contributed by atoms with Gasteiger partial charge >= 0.3 is 0 Å². The number of carbonyl (C=O) groups is 1. The molecule has 2 aromatic heterocycles. The molecular weight excluding hydrogens is 460 g/mol. The number of aromatic nitrogens is 3. The predicted molar refractivity (Wildman–Crippen MR) is 128 cm³/mol. The smallest absolute Gasteiger partial charge is 0.209 e. The minimum atomic E-state index is -0.109. The van der Waals surface area contributed by atoms with Crippen LogP contribution in [0.2, 0.25) is 0 Å². The van der Waals surface area contributed by atoms with Crippen molar-refractivity contribution in [2.45, 2.75) is 30.8 Å².